The first-order chi connectivity index (χ1) is 14.2. The molecule has 0 aliphatic carbocycles. The summed E-state index contributed by atoms with van der Waals surface area (Å²) in [6.07, 6.45) is 2.51. The Kier molecular flexibility index (Phi) is 6.01. The van der Waals surface area contributed by atoms with Crippen molar-refractivity contribution in [3.63, 3.8) is 0 Å². The first kappa shape index (κ1) is 19.3. The molecular formula is C25H26N2O2. The molecule has 1 aliphatic rings. The third kappa shape index (κ3) is 4.72. The van der Waals surface area contributed by atoms with E-state index < -0.39 is 0 Å². The molecule has 29 heavy (non-hydrogen) atoms. The standard InChI is InChI=1S/C25H26N2O2/c28-18-20-11-13-21(14-12-20)23-9-4-10-24(26-23)22-8-5-15-27(17-22)25(29)16-19-6-2-1-3-7-19/h1-4,6-7,9-14,22,28H,5,8,15-18H2/t22-/m0/s1. The monoisotopic (exact) mass is 386 g/mol. The fourth-order valence-electron chi connectivity index (χ4n) is 3.95. The van der Waals surface area contributed by atoms with Crippen LogP contribution in [-0.2, 0) is 17.8 Å². The maximum Gasteiger partial charge on any atom is 0.227 e. The Bertz CT molecular complexity index is 954. The number of carbonyl (C=O) groups excluding carboxylic acids is 1. The summed E-state index contributed by atoms with van der Waals surface area (Å²) >= 11 is 0. The zero-order chi connectivity index (χ0) is 20.1. The Hall–Kier alpha value is -2.98. The van der Waals surface area contributed by atoms with E-state index >= 15 is 0 Å². The van der Waals surface area contributed by atoms with Gasteiger partial charge in [0.15, 0.2) is 0 Å². The van der Waals surface area contributed by atoms with E-state index in [4.69, 9.17) is 4.98 Å². The Balaban J connectivity index is 1.47. The van der Waals surface area contributed by atoms with E-state index in [1.165, 1.54) is 0 Å². The van der Waals surface area contributed by atoms with Gasteiger partial charge in [0.2, 0.25) is 5.91 Å². The van der Waals surface area contributed by atoms with Gasteiger partial charge in [0.25, 0.3) is 0 Å². The van der Waals surface area contributed by atoms with Crippen LogP contribution in [-0.4, -0.2) is 34.0 Å². The number of amides is 1. The van der Waals surface area contributed by atoms with Crippen LogP contribution in [0.25, 0.3) is 11.3 Å². The number of hydrogen-bond acceptors (Lipinski definition) is 3. The highest BCUT2D eigenvalue weighted by Crippen LogP contribution is 2.28. The van der Waals surface area contributed by atoms with Gasteiger partial charge in [-0.3, -0.25) is 9.78 Å². The zero-order valence-corrected chi connectivity index (χ0v) is 16.5. The number of pyridine rings is 1. The molecule has 0 radical (unpaired) electrons. The Morgan fingerprint density at radius 2 is 1.76 bits per heavy atom. The van der Waals surface area contributed by atoms with Crippen molar-refractivity contribution in [3.05, 3.63) is 89.6 Å². The summed E-state index contributed by atoms with van der Waals surface area (Å²) in [5.74, 6) is 0.455. The first-order valence-corrected chi connectivity index (χ1v) is 10.2. The fourth-order valence-corrected chi connectivity index (χ4v) is 3.95. The van der Waals surface area contributed by atoms with E-state index in [9.17, 15) is 9.90 Å². The summed E-state index contributed by atoms with van der Waals surface area (Å²) in [5, 5.41) is 9.23. The van der Waals surface area contributed by atoms with Gasteiger partial charge < -0.3 is 10.0 Å². The number of aliphatic hydroxyl groups is 1. The highest BCUT2D eigenvalue weighted by molar-refractivity contribution is 5.79. The van der Waals surface area contributed by atoms with Crippen molar-refractivity contribution < 1.29 is 9.90 Å². The number of likely N-dealkylation sites (tertiary alicyclic amines) is 1. The van der Waals surface area contributed by atoms with Gasteiger partial charge in [0.05, 0.1) is 18.7 Å². The quantitative estimate of drug-likeness (QED) is 0.715. The molecule has 4 heteroatoms. The van der Waals surface area contributed by atoms with Gasteiger partial charge in [-0.1, -0.05) is 60.7 Å². The largest absolute Gasteiger partial charge is 0.392 e. The lowest BCUT2D eigenvalue weighted by molar-refractivity contribution is -0.131. The van der Waals surface area contributed by atoms with Crippen molar-refractivity contribution in [2.24, 2.45) is 0 Å². The van der Waals surface area contributed by atoms with Crippen molar-refractivity contribution in [1.82, 2.24) is 9.88 Å². The van der Waals surface area contributed by atoms with E-state index in [2.05, 4.69) is 6.07 Å². The summed E-state index contributed by atoms with van der Waals surface area (Å²) in [4.78, 5) is 19.7. The number of nitrogens with zero attached hydrogens (tertiary/aromatic N) is 2. The van der Waals surface area contributed by atoms with Gasteiger partial charge in [0, 0.05) is 30.3 Å². The molecule has 148 valence electrons. The first-order valence-electron chi connectivity index (χ1n) is 10.2. The molecule has 4 nitrogen and oxygen atoms in total. The van der Waals surface area contributed by atoms with Gasteiger partial charge in [-0.05, 0) is 36.1 Å². The average molecular weight is 386 g/mol. The topological polar surface area (TPSA) is 53.4 Å². The maximum absolute atomic E-state index is 12.8. The molecule has 1 atom stereocenters. The smallest absolute Gasteiger partial charge is 0.227 e. The van der Waals surface area contributed by atoms with E-state index in [1.807, 2.05) is 71.6 Å². The number of hydrogen-bond donors (Lipinski definition) is 1. The molecule has 1 aliphatic heterocycles. The molecule has 0 bridgehead atoms. The summed E-state index contributed by atoms with van der Waals surface area (Å²) in [5.41, 5.74) is 4.97. The lowest BCUT2D eigenvalue weighted by Crippen LogP contribution is -2.40. The molecular weight excluding hydrogens is 360 g/mol. The molecule has 1 N–H and O–H groups in total. The van der Waals surface area contributed by atoms with Gasteiger partial charge >= 0.3 is 0 Å². The molecule has 2 heterocycles. The average Bonchev–Trinajstić information content (AvgIpc) is 2.80. The normalized spacial score (nSPS) is 16.6. The highest BCUT2D eigenvalue weighted by Gasteiger charge is 2.25. The third-order valence-corrected chi connectivity index (χ3v) is 5.59. The van der Waals surface area contributed by atoms with Crippen LogP contribution in [0.4, 0.5) is 0 Å². The van der Waals surface area contributed by atoms with E-state index in [0.717, 1.165) is 54.0 Å². The minimum Gasteiger partial charge on any atom is -0.392 e. The van der Waals surface area contributed by atoms with Crippen LogP contribution in [0.3, 0.4) is 0 Å². The summed E-state index contributed by atoms with van der Waals surface area (Å²) < 4.78 is 0. The number of piperidine rings is 1. The second kappa shape index (κ2) is 9.01. The lowest BCUT2D eigenvalue weighted by atomic mass is 9.93. The molecule has 1 saturated heterocycles. The van der Waals surface area contributed by atoms with Crippen LogP contribution >= 0.6 is 0 Å². The predicted octanol–water partition coefficient (Wildman–Crippen LogP) is 4.19. The molecule has 2 aromatic carbocycles. The SMILES string of the molecule is O=C(Cc1ccccc1)N1CCC[C@H](c2cccc(-c3ccc(CO)cc3)n2)C1. The minimum absolute atomic E-state index is 0.0443. The molecule has 1 amide bonds. The molecule has 0 saturated carbocycles. The van der Waals surface area contributed by atoms with Crippen molar-refractivity contribution in [2.75, 3.05) is 13.1 Å². The number of benzene rings is 2. The van der Waals surface area contributed by atoms with Crippen LogP contribution in [0.15, 0.2) is 72.8 Å². The number of aliphatic hydroxyl groups excluding tert-OH is 1. The van der Waals surface area contributed by atoms with Gasteiger partial charge in [-0.15, -0.1) is 0 Å². The van der Waals surface area contributed by atoms with Gasteiger partial charge in [-0.25, -0.2) is 0 Å². The number of carbonyl (C=O) groups is 1. The van der Waals surface area contributed by atoms with Crippen molar-refractivity contribution in [3.8, 4) is 11.3 Å². The molecule has 4 rings (SSSR count). The zero-order valence-electron chi connectivity index (χ0n) is 16.5. The van der Waals surface area contributed by atoms with Crippen molar-refractivity contribution >= 4 is 5.91 Å². The fraction of sp³-hybridized carbons (Fsp3) is 0.280. The van der Waals surface area contributed by atoms with Crippen LogP contribution in [0.1, 0.15) is 35.6 Å². The van der Waals surface area contributed by atoms with Crippen LogP contribution < -0.4 is 0 Å². The summed E-state index contributed by atoms with van der Waals surface area (Å²) in [6, 6.07) is 23.9. The van der Waals surface area contributed by atoms with Crippen LogP contribution in [0, 0.1) is 0 Å². The second-order valence-electron chi connectivity index (χ2n) is 7.64. The lowest BCUT2D eigenvalue weighted by Gasteiger charge is -2.32. The Morgan fingerprint density at radius 1 is 0.966 bits per heavy atom. The highest BCUT2D eigenvalue weighted by atomic mass is 16.3. The predicted molar refractivity (Wildman–Crippen MR) is 114 cm³/mol. The second-order valence-corrected chi connectivity index (χ2v) is 7.64. The van der Waals surface area contributed by atoms with Crippen LogP contribution in [0.5, 0.6) is 0 Å². The molecule has 3 aromatic rings. The van der Waals surface area contributed by atoms with Gasteiger partial charge in [-0.2, -0.15) is 0 Å². The summed E-state index contributed by atoms with van der Waals surface area (Å²) in [6.45, 7) is 1.60. The number of aromatic nitrogens is 1. The molecule has 1 fully saturated rings. The van der Waals surface area contributed by atoms with E-state index in [1.54, 1.807) is 0 Å². The summed E-state index contributed by atoms with van der Waals surface area (Å²) in [7, 11) is 0. The third-order valence-electron chi connectivity index (χ3n) is 5.59. The van der Waals surface area contributed by atoms with Crippen LogP contribution in [0.2, 0.25) is 0 Å². The molecule has 0 spiro atoms. The number of rotatable bonds is 5. The van der Waals surface area contributed by atoms with E-state index in [-0.39, 0.29) is 18.4 Å². The molecule has 1 aromatic heterocycles. The van der Waals surface area contributed by atoms with Gasteiger partial charge in [0.1, 0.15) is 0 Å². The Morgan fingerprint density at radius 3 is 2.52 bits per heavy atom. The van der Waals surface area contributed by atoms with Crippen molar-refractivity contribution in [1.29, 1.82) is 0 Å². The maximum atomic E-state index is 12.8. The Labute approximate surface area is 171 Å². The van der Waals surface area contributed by atoms with E-state index in [0.29, 0.717) is 6.42 Å². The molecule has 0 unspecified atom stereocenters. The minimum atomic E-state index is 0.0443. The van der Waals surface area contributed by atoms with Crippen molar-refractivity contribution in [2.45, 2.75) is 31.8 Å².